The number of fused-ring (bicyclic) bond motifs is 1. The Morgan fingerprint density at radius 2 is 2.04 bits per heavy atom. The number of nitrogen functional groups attached to an aromatic ring is 1. The van der Waals surface area contributed by atoms with Crippen molar-refractivity contribution in [2.24, 2.45) is 5.92 Å². The maximum absolute atomic E-state index is 13.1. The van der Waals surface area contributed by atoms with E-state index < -0.39 is 12.1 Å². The Kier molecular flexibility index (Phi) is 3.60. The number of pyridine rings is 2. The van der Waals surface area contributed by atoms with E-state index in [4.69, 9.17) is 5.73 Å². The normalized spacial score (nSPS) is 21.2. The first-order chi connectivity index (χ1) is 13.1. The van der Waals surface area contributed by atoms with E-state index in [1.807, 2.05) is 24.5 Å². The van der Waals surface area contributed by atoms with Gasteiger partial charge in [0.1, 0.15) is 12.0 Å². The van der Waals surface area contributed by atoms with Gasteiger partial charge in [0, 0.05) is 35.2 Å². The summed E-state index contributed by atoms with van der Waals surface area (Å²) in [7, 11) is 0. The topological polar surface area (TPSA) is 80.9 Å². The van der Waals surface area contributed by atoms with Crippen molar-refractivity contribution in [3.05, 3.63) is 48.4 Å². The number of alkyl halides is 1. The molecule has 2 saturated carbocycles. The molecule has 6 heteroatoms. The summed E-state index contributed by atoms with van der Waals surface area (Å²) in [5.41, 5.74) is 10.3. The summed E-state index contributed by atoms with van der Waals surface area (Å²) in [5.74, 6) is 0.147. The molecule has 0 bridgehead atoms. The van der Waals surface area contributed by atoms with Gasteiger partial charge in [-0.1, -0.05) is 0 Å². The van der Waals surface area contributed by atoms with Gasteiger partial charge in [-0.25, -0.2) is 9.37 Å². The molecule has 1 amide bonds. The average molecular weight is 362 g/mol. The second kappa shape index (κ2) is 6.01. The molecule has 0 unspecified atom stereocenters. The van der Waals surface area contributed by atoms with E-state index in [1.54, 1.807) is 12.3 Å². The average Bonchev–Trinajstić information content (AvgIpc) is 3.57. The fourth-order valence-electron chi connectivity index (χ4n) is 3.56. The van der Waals surface area contributed by atoms with Crippen molar-refractivity contribution < 1.29 is 9.18 Å². The second-order valence-corrected chi connectivity index (χ2v) is 7.44. The molecule has 0 spiro atoms. The number of nitrogens with one attached hydrogen (secondary N) is 1. The summed E-state index contributed by atoms with van der Waals surface area (Å²) >= 11 is 0. The fourth-order valence-corrected chi connectivity index (χ4v) is 3.56. The van der Waals surface area contributed by atoms with Crippen LogP contribution in [-0.4, -0.2) is 22.0 Å². The third-order valence-corrected chi connectivity index (χ3v) is 5.35. The van der Waals surface area contributed by atoms with E-state index in [0.29, 0.717) is 23.8 Å². The molecule has 136 valence electrons. The number of halogens is 1. The number of amides is 1. The third kappa shape index (κ3) is 3.01. The van der Waals surface area contributed by atoms with Crippen LogP contribution in [0.1, 0.15) is 30.7 Å². The van der Waals surface area contributed by atoms with Crippen LogP contribution in [0, 0.1) is 5.92 Å². The molecule has 2 atom stereocenters. The number of nitrogens with two attached hydrogens (primary N) is 1. The predicted molar refractivity (Wildman–Crippen MR) is 103 cm³/mol. The lowest BCUT2D eigenvalue weighted by molar-refractivity contribution is -0.117. The molecule has 5 rings (SSSR count). The highest BCUT2D eigenvalue weighted by molar-refractivity contribution is 6.00. The van der Waals surface area contributed by atoms with Crippen LogP contribution >= 0.6 is 0 Å². The highest BCUT2D eigenvalue weighted by Gasteiger charge is 2.43. The Morgan fingerprint density at radius 1 is 1.22 bits per heavy atom. The van der Waals surface area contributed by atoms with E-state index in [2.05, 4.69) is 21.4 Å². The van der Waals surface area contributed by atoms with Crippen molar-refractivity contribution in [2.75, 3.05) is 11.1 Å². The zero-order valence-corrected chi connectivity index (χ0v) is 14.7. The van der Waals surface area contributed by atoms with Gasteiger partial charge < -0.3 is 11.1 Å². The number of carbonyl (C=O) groups is 1. The predicted octanol–water partition coefficient (Wildman–Crippen LogP) is 4.05. The van der Waals surface area contributed by atoms with Gasteiger partial charge in [-0.3, -0.25) is 9.78 Å². The van der Waals surface area contributed by atoms with Gasteiger partial charge in [-0.05, 0) is 66.0 Å². The first-order valence-electron chi connectivity index (χ1n) is 9.18. The lowest BCUT2D eigenvalue weighted by atomic mass is 9.96. The number of benzene rings is 1. The van der Waals surface area contributed by atoms with Crippen LogP contribution < -0.4 is 11.1 Å². The highest BCUT2D eigenvalue weighted by atomic mass is 19.1. The third-order valence-electron chi connectivity index (χ3n) is 5.35. The zero-order chi connectivity index (χ0) is 18.5. The first kappa shape index (κ1) is 16.2. The smallest absolute Gasteiger partial charge is 0.231 e. The number of hydrogen-bond acceptors (Lipinski definition) is 4. The molecule has 2 heterocycles. The van der Waals surface area contributed by atoms with Crippen LogP contribution in [0.2, 0.25) is 0 Å². The van der Waals surface area contributed by atoms with Crippen LogP contribution in [0.5, 0.6) is 0 Å². The van der Waals surface area contributed by atoms with Crippen molar-refractivity contribution in [2.45, 2.75) is 31.4 Å². The molecule has 0 aliphatic heterocycles. The SMILES string of the molecule is Nc1cc(-c2cnccc2C2CC2)cc2cc(NC(=O)[C@@H]3C[C@@H]3F)ncc12. The lowest BCUT2D eigenvalue weighted by Crippen LogP contribution is -2.15. The summed E-state index contributed by atoms with van der Waals surface area (Å²) in [5, 5.41) is 4.41. The Hall–Kier alpha value is -3.02. The van der Waals surface area contributed by atoms with E-state index in [-0.39, 0.29) is 5.91 Å². The monoisotopic (exact) mass is 362 g/mol. The van der Waals surface area contributed by atoms with Crippen molar-refractivity contribution in [3.8, 4) is 11.1 Å². The Morgan fingerprint density at radius 3 is 2.78 bits per heavy atom. The van der Waals surface area contributed by atoms with Crippen LogP contribution in [0.3, 0.4) is 0 Å². The van der Waals surface area contributed by atoms with E-state index >= 15 is 0 Å². The molecule has 0 saturated heterocycles. The van der Waals surface area contributed by atoms with Gasteiger partial charge in [0.15, 0.2) is 0 Å². The van der Waals surface area contributed by atoms with Gasteiger partial charge in [-0.15, -0.1) is 0 Å². The van der Waals surface area contributed by atoms with Crippen molar-refractivity contribution in [3.63, 3.8) is 0 Å². The molecule has 5 nitrogen and oxygen atoms in total. The minimum Gasteiger partial charge on any atom is -0.398 e. The minimum absolute atomic E-state index is 0.293. The van der Waals surface area contributed by atoms with Gasteiger partial charge in [0.2, 0.25) is 5.91 Å². The highest BCUT2D eigenvalue weighted by Crippen LogP contribution is 2.44. The number of hydrogen-bond donors (Lipinski definition) is 2. The molecule has 3 aromatic rings. The van der Waals surface area contributed by atoms with E-state index in [0.717, 1.165) is 21.9 Å². The molecule has 2 aromatic heterocycles. The summed E-state index contributed by atoms with van der Waals surface area (Å²) in [6.07, 6.45) is 7.03. The number of aromatic nitrogens is 2. The molecule has 1 aromatic carbocycles. The molecular formula is C21H19FN4O. The van der Waals surface area contributed by atoms with Gasteiger partial charge in [0.05, 0.1) is 5.92 Å². The Labute approximate surface area is 155 Å². The molecule has 2 aliphatic rings. The van der Waals surface area contributed by atoms with Gasteiger partial charge in [0.25, 0.3) is 0 Å². The van der Waals surface area contributed by atoms with Crippen LogP contribution in [-0.2, 0) is 4.79 Å². The van der Waals surface area contributed by atoms with Crippen molar-refractivity contribution >= 4 is 28.2 Å². The largest absolute Gasteiger partial charge is 0.398 e. The number of anilines is 2. The van der Waals surface area contributed by atoms with Crippen molar-refractivity contribution in [1.29, 1.82) is 0 Å². The fraction of sp³-hybridized carbons (Fsp3) is 0.286. The lowest BCUT2D eigenvalue weighted by Gasteiger charge is -2.12. The standard InChI is InChI=1S/C21H19FN4O/c22-18-8-15(18)21(27)26-20-7-13-5-12(6-19(23)17(13)10-25-20)16-9-24-4-3-14(16)11-1-2-11/h3-7,9-11,15,18H,1-2,8,23H2,(H,25,26,27)/t15-,18+/m1/s1. The van der Waals surface area contributed by atoms with Gasteiger partial charge in [-0.2, -0.15) is 0 Å². The first-order valence-corrected chi connectivity index (χ1v) is 9.18. The minimum atomic E-state index is -1.03. The summed E-state index contributed by atoms with van der Waals surface area (Å²) in [6, 6.07) is 7.86. The maximum Gasteiger partial charge on any atom is 0.231 e. The maximum atomic E-state index is 13.1. The number of nitrogens with zero attached hydrogens (tertiary/aromatic N) is 2. The summed E-state index contributed by atoms with van der Waals surface area (Å²) < 4.78 is 13.1. The molecule has 0 radical (unpaired) electrons. The number of rotatable bonds is 4. The molecule has 27 heavy (non-hydrogen) atoms. The van der Waals surface area contributed by atoms with Gasteiger partial charge >= 0.3 is 0 Å². The summed E-state index contributed by atoms with van der Waals surface area (Å²) in [4.78, 5) is 20.5. The molecule has 2 aliphatic carbocycles. The van der Waals surface area contributed by atoms with Crippen LogP contribution in [0.25, 0.3) is 21.9 Å². The van der Waals surface area contributed by atoms with E-state index in [9.17, 15) is 9.18 Å². The van der Waals surface area contributed by atoms with Crippen LogP contribution in [0.4, 0.5) is 15.9 Å². The summed E-state index contributed by atoms with van der Waals surface area (Å²) in [6.45, 7) is 0. The number of carbonyl (C=O) groups excluding carboxylic acids is 1. The molecular weight excluding hydrogens is 343 g/mol. The second-order valence-electron chi connectivity index (χ2n) is 7.44. The van der Waals surface area contributed by atoms with Crippen molar-refractivity contribution in [1.82, 2.24) is 9.97 Å². The van der Waals surface area contributed by atoms with Crippen LogP contribution in [0.15, 0.2) is 42.9 Å². The Balaban J connectivity index is 1.54. The Bertz CT molecular complexity index is 1060. The van der Waals surface area contributed by atoms with E-state index in [1.165, 1.54) is 18.4 Å². The quantitative estimate of drug-likeness (QED) is 0.686. The molecule has 2 fully saturated rings. The molecule has 3 N–H and O–H groups in total. The zero-order valence-electron chi connectivity index (χ0n) is 14.7.